The lowest BCUT2D eigenvalue weighted by atomic mass is 9.99. The second kappa shape index (κ2) is 7.27. The summed E-state index contributed by atoms with van der Waals surface area (Å²) in [5.74, 6) is 0.626. The molecule has 0 aliphatic rings. The molecule has 4 heteroatoms. The van der Waals surface area contributed by atoms with Crippen LogP contribution in [0.2, 0.25) is 5.02 Å². The van der Waals surface area contributed by atoms with Gasteiger partial charge in [0.15, 0.2) is 0 Å². The Labute approximate surface area is 124 Å². The first-order valence-corrected chi connectivity index (χ1v) is 7.12. The van der Waals surface area contributed by atoms with Crippen molar-refractivity contribution in [2.24, 2.45) is 0 Å². The molecule has 1 N–H and O–H groups in total. The fourth-order valence-electron chi connectivity index (χ4n) is 2.18. The smallest absolute Gasteiger partial charge is 0.218 e. The molecule has 2 rings (SSSR count). The maximum absolute atomic E-state index is 6.34. The molecule has 1 heterocycles. The molecule has 0 bridgehead atoms. The van der Waals surface area contributed by atoms with Crippen molar-refractivity contribution in [1.82, 2.24) is 10.3 Å². The molecule has 0 saturated heterocycles. The van der Waals surface area contributed by atoms with E-state index in [0.29, 0.717) is 5.88 Å². The van der Waals surface area contributed by atoms with Gasteiger partial charge >= 0.3 is 0 Å². The van der Waals surface area contributed by atoms with Gasteiger partial charge in [0.1, 0.15) is 0 Å². The molecule has 20 heavy (non-hydrogen) atoms. The third-order valence-corrected chi connectivity index (χ3v) is 3.46. The molecule has 0 amide bonds. The number of benzene rings is 1. The van der Waals surface area contributed by atoms with E-state index in [1.807, 2.05) is 36.4 Å². The number of nitrogens with one attached hydrogen (secondary N) is 1. The second-order valence-electron chi connectivity index (χ2n) is 4.51. The lowest BCUT2D eigenvalue weighted by Gasteiger charge is -2.22. The Hall–Kier alpha value is -1.58. The summed E-state index contributed by atoms with van der Waals surface area (Å²) >= 11 is 6.34. The van der Waals surface area contributed by atoms with Crippen molar-refractivity contribution in [3.05, 3.63) is 58.7 Å². The summed E-state index contributed by atoms with van der Waals surface area (Å²) in [6, 6.07) is 11.8. The Morgan fingerprint density at radius 2 is 1.95 bits per heavy atom. The zero-order valence-electron chi connectivity index (χ0n) is 11.8. The van der Waals surface area contributed by atoms with E-state index in [2.05, 4.69) is 17.2 Å². The van der Waals surface area contributed by atoms with E-state index >= 15 is 0 Å². The Morgan fingerprint density at radius 1 is 1.20 bits per heavy atom. The number of nitrogens with zero attached hydrogens (tertiary/aromatic N) is 1. The van der Waals surface area contributed by atoms with Gasteiger partial charge in [-0.15, -0.1) is 0 Å². The quantitative estimate of drug-likeness (QED) is 0.878. The molecule has 3 nitrogen and oxygen atoms in total. The van der Waals surface area contributed by atoms with E-state index in [9.17, 15) is 0 Å². The fraction of sp³-hybridized carbons (Fsp3) is 0.312. The van der Waals surface area contributed by atoms with Gasteiger partial charge in [0.2, 0.25) is 5.88 Å². The average Bonchev–Trinajstić information content (AvgIpc) is 2.49. The first-order valence-electron chi connectivity index (χ1n) is 6.74. The maximum Gasteiger partial charge on any atom is 0.218 e. The topological polar surface area (TPSA) is 34.2 Å². The standard InChI is InChI=1S/C16H19ClN2O/c1-3-10-18-15(12-7-4-5-9-14(12)17)13-8-6-11-19-16(13)20-2/h4-9,11,15,18H,3,10H2,1-2H3. The number of hydrogen-bond donors (Lipinski definition) is 1. The first-order chi connectivity index (χ1) is 9.77. The molecule has 0 fully saturated rings. The highest BCUT2D eigenvalue weighted by atomic mass is 35.5. The summed E-state index contributed by atoms with van der Waals surface area (Å²) < 4.78 is 5.37. The van der Waals surface area contributed by atoms with Gasteiger partial charge in [-0.3, -0.25) is 0 Å². The van der Waals surface area contributed by atoms with Crippen LogP contribution in [0.15, 0.2) is 42.6 Å². The highest BCUT2D eigenvalue weighted by Crippen LogP contribution is 2.32. The van der Waals surface area contributed by atoms with Crippen LogP contribution in [0.25, 0.3) is 0 Å². The number of ether oxygens (including phenoxy) is 1. The second-order valence-corrected chi connectivity index (χ2v) is 4.92. The summed E-state index contributed by atoms with van der Waals surface area (Å²) in [7, 11) is 1.63. The third-order valence-electron chi connectivity index (χ3n) is 3.12. The molecule has 1 unspecified atom stereocenters. The van der Waals surface area contributed by atoms with E-state index < -0.39 is 0 Å². The zero-order valence-corrected chi connectivity index (χ0v) is 12.5. The van der Waals surface area contributed by atoms with Crippen molar-refractivity contribution < 1.29 is 4.74 Å². The minimum Gasteiger partial charge on any atom is -0.481 e. The van der Waals surface area contributed by atoms with Crippen LogP contribution in [0.1, 0.15) is 30.5 Å². The van der Waals surface area contributed by atoms with Gasteiger partial charge in [-0.2, -0.15) is 0 Å². The number of hydrogen-bond acceptors (Lipinski definition) is 3. The van der Waals surface area contributed by atoms with Crippen molar-refractivity contribution in [2.45, 2.75) is 19.4 Å². The highest BCUT2D eigenvalue weighted by Gasteiger charge is 2.20. The summed E-state index contributed by atoms with van der Waals surface area (Å²) in [5.41, 5.74) is 2.03. The van der Waals surface area contributed by atoms with Gasteiger partial charge in [0.25, 0.3) is 0 Å². The average molecular weight is 291 g/mol. The van der Waals surface area contributed by atoms with E-state index in [1.54, 1.807) is 13.3 Å². The molecule has 1 aromatic carbocycles. The van der Waals surface area contributed by atoms with Crippen LogP contribution in [0.4, 0.5) is 0 Å². The van der Waals surface area contributed by atoms with Crippen LogP contribution in [-0.2, 0) is 0 Å². The molecule has 0 radical (unpaired) electrons. The first kappa shape index (κ1) is 14.8. The fourth-order valence-corrected chi connectivity index (χ4v) is 2.42. The van der Waals surface area contributed by atoms with Crippen molar-refractivity contribution in [3.8, 4) is 5.88 Å². The predicted molar refractivity (Wildman–Crippen MR) is 82.4 cm³/mol. The minimum atomic E-state index is -0.0210. The van der Waals surface area contributed by atoms with E-state index in [4.69, 9.17) is 16.3 Å². The maximum atomic E-state index is 6.34. The van der Waals surface area contributed by atoms with E-state index in [-0.39, 0.29) is 6.04 Å². The molecule has 0 aliphatic carbocycles. The van der Waals surface area contributed by atoms with E-state index in [1.165, 1.54) is 0 Å². The summed E-state index contributed by atoms with van der Waals surface area (Å²) in [4.78, 5) is 4.28. The molecular formula is C16H19ClN2O. The van der Waals surface area contributed by atoms with Crippen LogP contribution in [0.3, 0.4) is 0 Å². The molecule has 0 spiro atoms. The molecule has 2 aromatic rings. The number of aromatic nitrogens is 1. The van der Waals surface area contributed by atoms with Gasteiger partial charge in [-0.25, -0.2) is 4.98 Å². The van der Waals surface area contributed by atoms with Crippen LogP contribution in [-0.4, -0.2) is 18.6 Å². The molecule has 0 aliphatic heterocycles. The molecular weight excluding hydrogens is 272 g/mol. The number of halogens is 1. The van der Waals surface area contributed by atoms with Gasteiger partial charge < -0.3 is 10.1 Å². The highest BCUT2D eigenvalue weighted by molar-refractivity contribution is 6.31. The Balaban J connectivity index is 2.44. The van der Waals surface area contributed by atoms with Crippen LogP contribution in [0, 0.1) is 0 Å². The largest absolute Gasteiger partial charge is 0.481 e. The Bertz CT molecular complexity index is 560. The van der Waals surface area contributed by atoms with Crippen molar-refractivity contribution in [2.75, 3.05) is 13.7 Å². The van der Waals surface area contributed by atoms with Gasteiger partial charge in [-0.05, 0) is 30.7 Å². The SMILES string of the molecule is CCCNC(c1ccccc1Cl)c1cccnc1OC. The van der Waals surface area contributed by atoms with Crippen molar-refractivity contribution in [1.29, 1.82) is 0 Å². The third kappa shape index (κ3) is 3.30. The van der Waals surface area contributed by atoms with Crippen molar-refractivity contribution >= 4 is 11.6 Å². The lowest BCUT2D eigenvalue weighted by Crippen LogP contribution is -2.24. The molecule has 1 atom stereocenters. The van der Waals surface area contributed by atoms with E-state index in [0.717, 1.165) is 29.1 Å². The summed E-state index contributed by atoms with van der Waals surface area (Å²) in [5, 5.41) is 4.26. The van der Waals surface area contributed by atoms with Crippen molar-refractivity contribution in [3.63, 3.8) is 0 Å². The summed E-state index contributed by atoms with van der Waals surface area (Å²) in [6.45, 7) is 3.03. The van der Waals surface area contributed by atoms with Crippen LogP contribution < -0.4 is 10.1 Å². The van der Waals surface area contributed by atoms with Gasteiger partial charge in [0, 0.05) is 16.8 Å². The number of pyridine rings is 1. The monoisotopic (exact) mass is 290 g/mol. The lowest BCUT2D eigenvalue weighted by molar-refractivity contribution is 0.387. The molecule has 0 saturated carbocycles. The molecule has 106 valence electrons. The predicted octanol–water partition coefficient (Wildman–Crippen LogP) is 3.83. The Morgan fingerprint density at radius 3 is 2.65 bits per heavy atom. The van der Waals surface area contributed by atoms with Gasteiger partial charge in [0.05, 0.1) is 13.2 Å². The Kier molecular flexibility index (Phi) is 5.39. The van der Waals surface area contributed by atoms with Gasteiger partial charge in [-0.1, -0.05) is 42.8 Å². The molecule has 1 aromatic heterocycles. The van der Waals surface area contributed by atoms with Crippen LogP contribution in [0.5, 0.6) is 5.88 Å². The zero-order chi connectivity index (χ0) is 14.4. The summed E-state index contributed by atoms with van der Waals surface area (Å²) in [6.07, 6.45) is 2.77. The number of rotatable bonds is 6. The normalized spacial score (nSPS) is 12.2. The minimum absolute atomic E-state index is 0.0210. The number of methoxy groups -OCH3 is 1. The van der Waals surface area contributed by atoms with Crippen LogP contribution >= 0.6 is 11.6 Å².